The molecule has 0 rings (SSSR count). The molecule has 0 fully saturated rings. The Kier molecular flexibility index (Phi) is 13.4. The Hall–Kier alpha value is 0.510. The van der Waals surface area contributed by atoms with Crippen molar-refractivity contribution in [1.82, 2.24) is 0 Å². The first-order valence-corrected chi connectivity index (χ1v) is 6.20. The third-order valence-corrected chi connectivity index (χ3v) is 0. The molecule has 84 valence electrons. The van der Waals surface area contributed by atoms with Gasteiger partial charge in [-0.1, -0.05) is 6.92 Å². The molecule has 13 heavy (non-hydrogen) atoms. The standard InChI is InChI=1S/C2H5Cl.2H3O4P/c1-2-3;2*1-5(2,3)4/h2H2,1H3;2*(H3,1,2,3,4). The zero-order valence-electron chi connectivity index (χ0n) is 6.48. The van der Waals surface area contributed by atoms with Crippen molar-refractivity contribution < 1.29 is 38.5 Å². The van der Waals surface area contributed by atoms with Gasteiger partial charge >= 0.3 is 15.6 Å². The van der Waals surface area contributed by atoms with Gasteiger partial charge in [-0.05, 0) is 0 Å². The summed E-state index contributed by atoms with van der Waals surface area (Å²) in [6, 6.07) is 0. The van der Waals surface area contributed by atoms with Crippen molar-refractivity contribution in [1.29, 1.82) is 0 Å². The Labute approximate surface area is 79.3 Å². The molecule has 0 saturated carbocycles. The number of alkyl halides is 1. The fraction of sp³-hybridized carbons (Fsp3) is 1.00. The van der Waals surface area contributed by atoms with E-state index in [2.05, 4.69) is 0 Å². The van der Waals surface area contributed by atoms with Crippen LogP contribution in [0.2, 0.25) is 0 Å². The van der Waals surface area contributed by atoms with Gasteiger partial charge in [0.15, 0.2) is 0 Å². The summed E-state index contributed by atoms with van der Waals surface area (Å²) in [6.07, 6.45) is 0. The van der Waals surface area contributed by atoms with Crippen LogP contribution in [0.3, 0.4) is 0 Å². The van der Waals surface area contributed by atoms with E-state index in [0.29, 0.717) is 0 Å². The minimum Gasteiger partial charge on any atom is -0.303 e. The van der Waals surface area contributed by atoms with Gasteiger partial charge in [0, 0.05) is 5.88 Å². The topological polar surface area (TPSA) is 156 Å². The van der Waals surface area contributed by atoms with Crippen LogP contribution in [-0.2, 0) is 9.13 Å². The van der Waals surface area contributed by atoms with E-state index in [1.807, 2.05) is 6.92 Å². The maximum absolute atomic E-state index is 8.88. The van der Waals surface area contributed by atoms with Gasteiger partial charge in [-0.2, -0.15) is 0 Å². The quantitative estimate of drug-likeness (QED) is 0.249. The summed E-state index contributed by atoms with van der Waals surface area (Å²) in [6.45, 7) is 1.89. The van der Waals surface area contributed by atoms with Crippen molar-refractivity contribution in [2.24, 2.45) is 0 Å². The highest BCUT2D eigenvalue weighted by atomic mass is 35.5. The van der Waals surface area contributed by atoms with E-state index in [4.69, 9.17) is 50.1 Å². The molecule has 0 aliphatic rings. The Morgan fingerprint density at radius 3 is 0.923 bits per heavy atom. The van der Waals surface area contributed by atoms with E-state index >= 15 is 0 Å². The minimum absolute atomic E-state index is 0.722. The van der Waals surface area contributed by atoms with Gasteiger partial charge < -0.3 is 29.4 Å². The predicted molar refractivity (Wildman–Crippen MR) is 44.9 cm³/mol. The van der Waals surface area contributed by atoms with Gasteiger partial charge in [-0.3, -0.25) is 0 Å². The van der Waals surface area contributed by atoms with Gasteiger partial charge in [0.2, 0.25) is 0 Å². The highest BCUT2D eigenvalue weighted by Crippen LogP contribution is 2.26. The summed E-state index contributed by atoms with van der Waals surface area (Å²) >= 11 is 5.00. The first kappa shape index (κ1) is 19.1. The molecule has 0 spiro atoms. The fourth-order valence-corrected chi connectivity index (χ4v) is 0. The van der Waals surface area contributed by atoms with Gasteiger partial charge in [-0.25, -0.2) is 9.13 Å². The summed E-state index contributed by atoms with van der Waals surface area (Å²) < 4.78 is 17.8. The number of phosphoric acid groups is 2. The third-order valence-electron chi connectivity index (χ3n) is 0. The molecule has 0 aromatic rings. The molecule has 0 atom stereocenters. The van der Waals surface area contributed by atoms with Gasteiger partial charge in [-0.15, -0.1) is 11.6 Å². The van der Waals surface area contributed by atoms with Crippen LogP contribution in [0.4, 0.5) is 0 Å². The summed E-state index contributed by atoms with van der Waals surface area (Å²) in [5, 5.41) is 0. The molecular weight excluding hydrogens is 249 g/mol. The van der Waals surface area contributed by atoms with E-state index < -0.39 is 15.6 Å². The molecular formula is C2H11ClO8P2. The van der Waals surface area contributed by atoms with Crippen LogP contribution < -0.4 is 0 Å². The molecule has 0 heterocycles. The number of hydrogen-bond donors (Lipinski definition) is 6. The van der Waals surface area contributed by atoms with Crippen molar-refractivity contribution in [3.8, 4) is 0 Å². The first-order valence-electron chi connectivity index (χ1n) is 2.54. The SMILES string of the molecule is CCCl.O=P(O)(O)O.O=P(O)(O)O. The zero-order valence-corrected chi connectivity index (χ0v) is 9.02. The van der Waals surface area contributed by atoms with Crippen LogP contribution in [0.25, 0.3) is 0 Å². The lowest BCUT2D eigenvalue weighted by molar-refractivity contribution is 0.272. The van der Waals surface area contributed by atoms with Crippen LogP contribution in [0.5, 0.6) is 0 Å². The van der Waals surface area contributed by atoms with Crippen molar-refractivity contribution in [3.63, 3.8) is 0 Å². The summed E-state index contributed by atoms with van der Waals surface area (Å²) in [5.41, 5.74) is 0. The normalized spacial score (nSPS) is 10.5. The lowest BCUT2D eigenvalue weighted by Gasteiger charge is -1.82. The van der Waals surface area contributed by atoms with Crippen LogP contribution in [-0.4, -0.2) is 35.2 Å². The first-order chi connectivity index (χ1) is 5.41. The van der Waals surface area contributed by atoms with Gasteiger partial charge in [0.1, 0.15) is 0 Å². The van der Waals surface area contributed by atoms with E-state index in [0.717, 1.165) is 5.88 Å². The largest absolute Gasteiger partial charge is 0.466 e. The van der Waals surface area contributed by atoms with Crippen molar-refractivity contribution in [3.05, 3.63) is 0 Å². The highest BCUT2D eigenvalue weighted by Gasteiger charge is 2.00. The molecule has 11 heteroatoms. The molecule has 0 unspecified atom stereocenters. The Bertz CT molecular complexity index is 144. The number of hydrogen-bond acceptors (Lipinski definition) is 2. The fourth-order valence-electron chi connectivity index (χ4n) is 0. The monoisotopic (exact) mass is 260 g/mol. The lowest BCUT2D eigenvalue weighted by Crippen LogP contribution is -1.66. The van der Waals surface area contributed by atoms with Gasteiger partial charge in [0.25, 0.3) is 0 Å². The van der Waals surface area contributed by atoms with Crippen molar-refractivity contribution in [2.75, 3.05) is 5.88 Å². The highest BCUT2D eigenvalue weighted by molar-refractivity contribution is 7.45. The maximum atomic E-state index is 8.88. The molecule has 8 nitrogen and oxygen atoms in total. The second-order valence-corrected chi connectivity index (χ2v) is 3.88. The zero-order chi connectivity index (χ0) is 11.7. The van der Waals surface area contributed by atoms with Crippen molar-refractivity contribution >= 4 is 27.2 Å². The molecule has 0 aliphatic carbocycles. The molecule has 0 aromatic carbocycles. The van der Waals surface area contributed by atoms with E-state index in [9.17, 15) is 0 Å². The lowest BCUT2D eigenvalue weighted by atomic mass is 11.0. The molecule has 0 radical (unpaired) electrons. The summed E-state index contributed by atoms with van der Waals surface area (Å²) in [4.78, 5) is 43.1. The van der Waals surface area contributed by atoms with E-state index in [-0.39, 0.29) is 0 Å². The molecule has 0 amide bonds. The average molecular weight is 261 g/mol. The van der Waals surface area contributed by atoms with E-state index in [1.54, 1.807) is 0 Å². The number of rotatable bonds is 0. The van der Waals surface area contributed by atoms with Gasteiger partial charge in [0.05, 0.1) is 0 Å². The Morgan fingerprint density at radius 1 is 0.923 bits per heavy atom. The molecule has 6 N–H and O–H groups in total. The number of halogens is 1. The molecule has 0 aliphatic heterocycles. The smallest absolute Gasteiger partial charge is 0.303 e. The summed E-state index contributed by atoms with van der Waals surface area (Å²) in [5.74, 6) is 0.722. The van der Waals surface area contributed by atoms with Crippen LogP contribution in [0.1, 0.15) is 6.92 Å². The molecule has 0 aromatic heterocycles. The Balaban J connectivity index is -0.000000120. The third kappa shape index (κ3) is 5310. The molecule has 0 saturated heterocycles. The Morgan fingerprint density at radius 2 is 0.923 bits per heavy atom. The maximum Gasteiger partial charge on any atom is 0.466 e. The molecule has 0 bridgehead atoms. The second-order valence-electron chi connectivity index (χ2n) is 1.29. The van der Waals surface area contributed by atoms with Crippen LogP contribution in [0, 0.1) is 0 Å². The predicted octanol–water partition coefficient (Wildman–Crippen LogP) is -0.612. The van der Waals surface area contributed by atoms with Crippen LogP contribution >= 0.6 is 27.2 Å². The average Bonchev–Trinajstić information content (AvgIpc) is 1.52. The minimum atomic E-state index is -4.64. The second kappa shape index (κ2) is 9.08. The van der Waals surface area contributed by atoms with Crippen molar-refractivity contribution in [2.45, 2.75) is 6.92 Å². The summed E-state index contributed by atoms with van der Waals surface area (Å²) in [7, 11) is -9.28. The van der Waals surface area contributed by atoms with E-state index in [1.165, 1.54) is 0 Å². The van der Waals surface area contributed by atoms with Crippen LogP contribution in [0.15, 0.2) is 0 Å².